The van der Waals surface area contributed by atoms with E-state index in [2.05, 4.69) is 29.2 Å². The van der Waals surface area contributed by atoms with Crippen LogP contribution >= 0.6 is 0 Å². The molecule has 0 bridgehead atoms. The van der Waals surface area contributed by atoms with Gasteiger partial charge in [-0.1, -0.05) is 6.92 Å². The number of nitrogens with two attached hydrogens (primary N) is 1. The Morgan fingerprint density at radius 1 is 1.62 bits per heavy atom. The Bertz CT molecular complexity index is 506. The van der Waals surface area contributed by atoms with E-state index in [1.165, 1.54) is 0 Å². The van der Waals surface area contributed by atoms with Crippen LogP contribution < -0.4 is 11.1 Å². The Morgan fingerprint density at radius 3 is 3.05 bits per heavy atom. The summed E-state index contributed by atoms with van der Waals surface area (Å²) in [4.78, 5) is 18.6. The Kier molecular flexibility index (Phi) is 5.01. The third-order valence-electron chi connectivity index (χ3n) is 3.83. The molecule has 21 heavy (non-hydrogen) atoms. The van der Waals surface area contributed by atoms with E-state index < -0.39 is 0 Å². The summed E-state index contributed by atoms with van der Waals surface area (Å²) in [6.45, 7) is 6.38. The first-order chi connectivity index (χ1) is 10.0. The van der Waals surface area contributed by atoms with Crippen LogP contribution in [-0.4, -0.2) is 48.6 Å². The van der Waals surface area contributed by atoms with Crippen LogP contribution in [0.5, 0.6) is 0 Å². The second kappa shape index (κ2) is 6.76. The first kappa shape index (κ1) is 15.6. The highest BCUT2D eigenvalue weighted by molar-refractivity contribution is 5.95. The molecule has 1 fully saturated rings. The highest BCUT2D eigenvalue weighted by Gasteiger charge is 2.26. The molecule has 0 spiro atoms. The van der Waals surface area contributed by atoms with Crippen LogP contribution in [0.3, 0.4) is 0 Å². The Hall–Kier alpha value is -1.82. The summed E-state index contributed by atoms with van der Waals surface area (Å²) in [6.07, 6.45) is 2.58. The lowest BCUT2D eigenvalue weighted by molar-refractivity contribution is 0.0527. The number of carbonyl (C=O) groups is 1. The quantitative estimate of drug-likeness (QED) is 0.820. The van der Waals surface area contributed by atoms with Crippen LogP contribution in [0.4, 0.5) is 11.5 Å². The summed E-state index contributed by atoms with van der Waals surface area (Å²) in [5.74, 6) is 0.655. The van der Waals surface area contributed by atoms with Crippen molar-refractivity contribution < 1.29 is 9.53 Å². The van der Waals surface area contributed by atoms with Crippen molar-refractivity contribution in [3.8, 4) is 0 Å². The molecule has 1 aliphatic rings. The lowest BCUT2D eigenvalue weighted by Crippen LogP contribution is -2.43. The largest absolute Gasteiger partial charge is 0.462 e. The average molecular weight is 292 g/mol. The zero-order chi connectivity index (χ0) is 15.4. The molecule has 1 aromatic rings. The van der Waals surface area contributed by atoms with Gasteiger partial charge in [-0.25, -0.2) is 9.78 Å². The van der Waals surface area contributed by atoms with Crippen LogP contribution in [0.25, 0.3) is 0 Å². The maximum Gasteiger partial charge on any atom is 0.341 e. The minimum atomic E-state index is -0.389. The van der Waals surface area contributed by atoms with Crippen LogP contribution in [0.1, 0.15) is 30.6 Å². The fraction of sp³-hybridized carbons (Fsp3) is 0.600. The van der Waals surface area contributed by atoms with E-state index in [1.54, 1.807) is 19.2 Å². The predicted molar refractivity (Wildman–Crippen MR) is 83.3 cm³/mol. The second-order valence-electron chi connectivity index (χ2n) is 5.66. The van der Waals surface area contributed by atoms with E-state index in [0.717, 1.165) is 19.5 Å². The number of hydrogen-bond acceptors (Lipinski definition) is 6. The minimum absolute atomic E-state index is 0.297. The van der Waals surface area contributed by atoms with Gasteiger partial charge in [-0.2, -0.15) is 0 Å². The Morgan fingerprint density at radius 2 is 2.38 bits per heavy atom. The zero-order valence-corrected chi connectivity index (χ0v) is 12.9. The summed E-state index contributed by atoms with van der Waals surface area (Å²) < 4.78 is 5.07. The van der Waals surface area contributed by atoms with Gasteiger partial charge in [0.15, 0.2) is 0 Å². The number of ether oxygens (including phenoxy) is 1. The summed E-state index contributed by atoms with van der Waals surface area (Å²) >= 11 is 0. The van der Waals surface area contributed by atoms with Crippen molar-refractivity contribution in [2.75, 3.05) is 37.8 Å². The van der Waals surface area contributed by atoms with Gasteiger partial charge in [0.2, 0.25) is 0 Å². The molecule has 6 nitrogen and oxygen atoms in total. The van der Waals surface area contributed by atoms with E-state index in [-0.39, 0.29) is 5.97 Å². The maximum absolute atomic E-state index is 12.0. The van der Waals surface area contributed by atoms with Gasteiger partial charge in [0.25, 0.3) is 0 Å². The summed E-state index contributed by atoms with van der Waals surface area (Å²) in [6, 6.07) is 1.91. The second-order valence-corrected chi connectivity index (χ2v) is 5.66. The van der Waals surface area contributed by atoms with Crippen LogP contribution in [-0.2, 0) is 4.74 Å². The van der Waals surface area contributed by atoms with E-state index in [1.807, 2.05) is 0 Å². The molecule has 1 aromatic heterocycles. The number of esters is 1. The van der Waals surface area contributed by atoms with Crippen molar-refractivity contribution in [1.82, 2.24) is 9.88 Å². The summed E-state index contributed by atoms with van der Waals surface area (Å²) in [7, 11) is 2.12. The third-order valence-corrected chi connectivity index (χ3v) is 3.83. The smallest absolute Gasteiger partial charge is 0.341 e. The molecule has 0 saturated carbocycles. The van der Waals surface area contributed by atoms with Gasteiger partial charge in [0.1, 0.15) is 11.4 Å². The number of likely N-dealkylation sites (tertiary alicyclic amines) is 1. The molecule has 1 aliphatic heterocycles. The first-order valence-corrected chi connectivity index (χ1v) is 7.39. The number of carbonyl (C=O) groups excluding carboxylic acids is 1. The highest BCUT2D eigenvalue weighted by Crippen LogP contribution is 2.23. The zero-order valence-electron chi connectivity index (χ0n) is 12.9. The molecular formula is C15H24N4O2. The maximum atomic E-state index is 12.0. The van der Waals surface area contributed by atoms with Gasteiger partial charge in [0.05, 0.1) is 18.5 Å². The lowest BCUT2D eigenvalue weighted by atomic mass is 9.94. The van der Waals surface area contributed by atoms with E-state index in [4.69, 9.17) is 10.5 Å². The summed E-state index contributed by atoms with van der Waals surface area (Å²) in [5, 5.41) is 3.39. The number of nitrogen functional groups attached to an aromatic ring is 1. The van der Waals surface area contributed by atoms with Crippen molar-refractivity contribution in [1.29, 1.82) is 0 Å². The van der Waals surface area contributed by atoms with E-state index in [9.17, 15) is 4.79 Å². The normalized spacial score (nSPS) is 22.8. The molecule has 6 heteroatoms. The van der Waals surface area contributed by atoms with Crippen molar-refractivity contribution in [2.24, 2.45) is 5.92 Å². The molecular weight excluding hydrogens is 268 g/mol. The molecule has 0 radical (unpaired) electrons. The number of hydrogen-bond donors (Lipinski definition) is 2. The molecule has 2 atom stereocenters. The van der Waals surface area contributed by atoms with Gasteiger partial charge in [-0.05, 0) is 38.9 Å². The first-order valence-electron chi connectivity index (χ1n) is 7.39. The molecule has 1 saturated heterocycles. The van der Waals surface area contributed by atoms with Gasteiger partial charge >= 0.3 is 5.97 Å². The van der Waals surface area contributed by atoms with Crippen molar-refractivity contribution in [3.05, 3.63) is 17.8 Å². The van der Waals surface area contributed by atoms with Crippen molar-refractivity contribution in [2.45, 2.75) is 26.3 Å². The highest BCUT2D eigenvalue weighted by atomic mass is 16.5. The standard InChI is InChI=1S/C15H24N4O2/c1-4-21-15(20)12-7-11(16)8-17-14(12)18-13-5-6-19(3)9-10(13)2/h7-8,10,13H,4-6,9,16H2,1-3H3,(H,17,18). The minimum Gasteiger partial charge on any atom is -0.462 e. The summed E-state index contributed by atoms with van der Waals surface area (Å²) in [5.41, 5.74) is 6.60. The Balaban J connectivity index is 2.17. The molecule has 2 heterocycles. The molecule has 2 unspecified atom stereocenters. The number of rotatable bonds is 4. The number of nitrogens with one attached hydrogen (secondary N) is 1. The van der Waals surface area contributed by atoms with Crippen molar-refractivity contribution in [3.63, 3.8) is 0 Å². The third kappa shape index (κ3) is 3.85. The number of pyridine rings is 1. The Labute approximate surface area is 125 Å². The van der Waals surface area contributed by atoms with Gasteiger partial charge < -0.3 is 20.7 Å². The van der Waals surface area contributed by atoms with Gasteiger partial charge in [-0.15, -0.1) is 0 Å². The number of piperidine rings is 1. The number of aromatic nitrogens is 1. The van der Waals surface area contributed by atoms with Crippen LogP contribution in [0.15, 0.2) is 12.3 Å². The molecule has 2 rings (SSSR count). The van der Waals surface area contributed by atoms with Gasteiger partial charge in [-0.3, -0.25) is 0 Å². The molecule has 0 amide bonds. The molecule has 3 N–H and O–H groups in total. The molecule has 0 aromatic carbocycles. The SMILES string of the molecule is CCOC(=O)c1cc(N)cnc1NC1CCN(C)CC1C. The van der Waals surface area contributed by atoms with Gasteiger partial charge in [0, 0.05) is 12.6 Å². The number of nitrogens with zero attached hydrogens (tertiary/aromatic N) is 2. The van der Waals surface area contributed by atoms with Crippen LogP contribution in [0, 0.1) is 5.92 Å². The van der Waals surface area contributed by atoms with E-state index in [0.29, 0.717) is 35.6 Å². The molecule has 0 aliphatic carbocycles. The number of anilines is 2. The fourth-order valence-corrected chi connectivity index (χ4v) is 2.70. The predicted octanol–water partition coefficient (Wildman–Crippen LogP) is 1.59. The lowest BCUT2D eigenvalue weighted by Gasteiger charge is -2.35. The van der Waals surface area contributed by atoms with E-state index >= 15 is 0 Å². The average Bonchev–Trinajstić information content (AvgIpc) is 2.43. The van der Waals surface area contributed by atoms with Crippen LogP contribution in [0.2, 0.25) is 0 Å². The topological polar surface area (TPSA) is 80.5 Å². The fourth-order valence-electron chi connectivity index (χ4n) is 2.70. The molecule has 116 valence electrons. The van der Waals surface area contributed by atoms with Crippen molar-refractivity contribution >= 4 is 17.5 Å². The monoisotopic (exact) mass is 292 g/mol.